The number of hydrogen-bond donors (Lipinski definition) is 0. The third kappa shape index (κ3) is 3.96. The molecule has 0 unspecified atom stereocenters. The zero-order chi connectivity index (χ0) is 20.5. The molecule has 0 spiro atoms. The second-order valence-corrected chi connectivity index (χ2v) is 8.67. The Morgan fingerprint density at radius 3 is 2.77 bits per heavy atom. The lowest BCUT2D eigenvalue weighted by Gasteiger charge is -2.33. The lowest BCUT2D eigenvalue weighted by molar-refractivity contribution is -0.0770. The molecule has 0 aliphatic carbocycles. The number of piperazine rings is 1. The Labute approximate surface area is 179 Å². The van der Waals surface area contributed by atoms with Crippen LogP contribution in [0.4, 0.5) is 0 Å². The van der Waals surface area contributed by atoms with Gasteiger partial charge in [-0.3, -0.25) is 4.90 Å². The van der Waals surface area contributed by atoms with Crippen molar-refractivity contribution in [1.29, 1.82) is 0 Å². The minimum atomic E-state index is 0.721. The van der Waals surface area contributed by atoms with Gasteiger partial charge in [-0.2, -0.15) is 0 Å². The summed E-state index contributed by atoms with van der Waals surface area (Å²) < 4.78 is 6.82. The molecule has 153 valence electrons. The van der Waals surface area contributed by atoms with Crippen LogP contribution in [-0.2, 0) is 6.54 Å². The number of hydrogen-bond acceptors (Lipinski definition) is 7. The van der Waals surface area contributed by atoms with Crippen molar-refractivity contribution in [1.82, 2.24) is 20.1 Å². The van der Waals surface area contributed by atoms with Gasteiger partial charge in [-0.15, -0.1) is 16.4 Å². The van der Waals surface area contributed by atoms with Gasteiger partial charge < -0.3 is 9.36 Å². The van der Waals surface area contributed by atoms with Crippen LogP contribution < -0.4 is 4.84 Å². The summed E-state index contributed by atoms with van der Waals surface area (Å²) in [7, 11) is 0. The number of benzene rings is 2. The van der Waals surface area contributed by atoms with Crippen molar-refractivity contribution in [3.05, 3.63) is 71.3 Å². The first kappa shape index (κ1) is 19.2. The molecule has 6 nitrogen and oxygen atoms in total. The van der Waals surface area contributed by atoms with Gasteiger partial charge in [0.15, 0.2) is 5.76 Å². The minimum absolute atomic E-state index is 0.721. The molecule has 1 saturated heterocycles. The van der Waals surface area contributed by atoms with Crippen molar-refractivity contribution in [3.63, 3.8) is 0 Å². The summed E-state index contributed by atoms with van der Waals surface area (Å²) in [5.74, 6) is 1.68. The number of aryl methyl sites for hydroxylation is 2. The molecule has 0 amide bonds. The third-order valence-electron chi connectivity index (χ3n) is 5.26. The molecule has 0 atom stereocenters. The van der Waals surface area contributed by atoms with Crippen LogP contribution in [0.15, 0.2) is 53.1 Å². The molecular weight excluding hydrogens is 396 g/mol. The first-order chi connectivity index (χ1) is 14.7. The van der Waals surface area contributed by atoms with Crippen LogP contribution in [0.2, 0.25) is 0 Å². The van der Waals surface area contributed by atoms with Gasteiger partial charge in [0.05, 0.1) is 27.5 Å². The van der Waals surface area contributed by atoms with Crippen LogP contribution in [0, 0.1) is 20.4 Å². The van der Waals surface area contributed by atoms with Crippen LogP contribution in [-0.4, -0.2) is 39.7 Å². The van der Waals surface area contributed by atoms with E-state index in [2.05, 4.69) is 39.8 Å². The molecule has 5 rings (SSSR count). The van der Waals surface area contributed by atoms with E-state index in [4.69, 9.17) is 9.36 Å². The van der Waals surface area contributed by atoms with Gasteiger partial charge in [-0.05, 0) is 26.0 Å². The lowest BCUT2D eigenvalue weighted by Crippen LogP contribution is -2.44. The average Bonchev–Trinajstić information content (AvgIpc) is 3.31. The minimum Gasteiger partial charge on any atom is -0.406 e. The lowest BCUT2D eigenvalue weighted by atomic mass is 10.1. The molecule has 1 radical (unpaired) electrons. The second kappa shape index (κ2) is 8.18. The maximum absolute atomic E-state index is 6.08. The first-order valence-electron chi connectivity index (χ1n) is 10.0. The van der Waals surface area contributed by atoms with E-state index in [1.165, 1.54) is 4.70 Å². The van der Waals surface area contributed by atoms with Crippen LogP contribution in [0.3, 0.4) is 0 Å². The van der Waals surface area contributed by atoms with Crippen molar-refractivity contribution in [2.24, 2.45) is 0 Å². The predicted molar refractivity (Wildman–Crippen MR) is 118 cm³/mol. The molecule has 1 fully saturated rings. The molecule has 2 aromatic heterocycles. The van der Waals surface area contributed by atoms with Gasteiger partial charge in [0.25, 0.3) is 0 Å². The zero-order valence-corrected chi connectivity index (χ0v) is 17.9. The number of nitrogens with zero attached hydrogens (tertiary/aromatic N) is 4. The Balaban J connectivity index is 1.22. The summed E-state index contributed by atoms with van der Waals surface area (Å²) in [5, 5.41) is 7.25. The largest absolute Gasteiger partial charge is 0.406 e. The molecule has 0 saturated carbocycles. The van der Waals surface area contributed by atoms with E-state index >= 15 is 0 Å². The number of aromatic nitrogens is 2. The van der Waals surface area contributed by atoms with Crippen molar-refractivity contribution in [3.8, 4) is 17.1 Å². The van der Waals surface area contributed by atoms with Crippen molar-refractivity contribution in [2.75, 3.05) is 19.6 Å². The van der Waals surface area contributed by atoms with E-state index in [1.807, 2.05) is 49.2 Å². The van der Waals surface area contributed by atoms with Gasteiger partial charge in [0.1, 0.15) is 5.75 Å². The van der Waals surface area contributed by atoms with Gasteiger partial charge in [-0.25, -0.2) is 4.98 Å². The molecular formula is C23H23N4O2S. The number of hydroxylamine groups is 2. The highest BCUT2D eigenvalue weighted by Gasteiger charge is 2.23. The number of fused-ring (bicyclic) bond motifs is 1. The maximum Gasteiger partial charge on any atom is 0.171 e. The summed E-state index contributed by atoms with van der Waals surface area (Å²) in [6.45, 7) is 9.39. The van der Waals surface area contributed by atoms with Crippen LogP contribution >= 0.6 is 11.3 Å². The molecule has 7 heteroatoms. The average molecular weight is 420 g/mol. The van der Waals surface area contributed by atoms with Crippen molar-refractivity contribution >= 4 is 21.6 Å². The molecule has 2 aromatic carbocycles. The van der Waals surface area contributed by atoms with Gasteiger partial charge in [0.2, 0.25) is 0 Å². The fourth-order valence-corrected chi connectivity index (χ4v) is 4.49. The van der Waals surface area contributed by atoms with E-state index in [0.29, 0.717) is 0 Å². The second-order valence-electron chi connectivity index (χ2n) is 7.44. The van der Waals surface area contributed by atoms with Crippen LogP contribution in [0.25, 0.3) is 21.5 Å². The SMILES string of the molecule is Cc1nc2cc(ON3C[CH]N(Cc4c(C)noc4-c4ccccc4)CC3)ccc2s1. The number of thiazole rings is 1. The van der Waals surface area contributed by atoms with Gasteiger partial charge in [0, 0.05) is 43.4 Å². The fourth-order valence-electron chi connectivity index (χ4n) is 3.68. The highest BCUT2D eigenvalue weighted by atomic mass is 32.1. The first-order valence-corrected chi connectivity index (χ1v) is 10.9. The van der Waals surface area contributed by atoms with E-state index in [-0.39, 0.29) is 0 Å². The van der Waals surface area contributed by atoms with E-state index < -0.39 is 0 Å². The smallest absolute Gasteiger partial charge is 0.171 e. The van der Waals surface area contributed by atoms with Gasteiger partial charge >= 0.3 is 0 Å². The molecule has 3 heterocycles. The molecule has 0 bridgehead atoms. The molecule has 1 aliphatic heterocycles. The highest BCUT2D eigenvalue weighted by Crippen LogP contribution is 2.29. The summed E-state index contributed by atoms with van der Waals surface area (Å²) in [6, 6.07) is 16.3. The molecule has 0 N–H and O–H groups in total. The van der Waals surface area contributed by atoms with E-state index in [0.717, 1.165) is 65.0 Å². The maximum atomic E-state index is 6.08. The Morgan fingerprint density at radius 2 is 1.97 bits per heavy atom. The van der Waals surface area contributed by atoms with E-state index in [9.17, 15) is 0 Å². The van der Waals surface area contributed by atoms with Crippen molar-refractivity contribution < 1.29 is 9.36 Å². The monoisotopic (exact) mass is 419 g/mol. The third-order valence-corrected chi connectivity index (χ3v) is 6.21. The van der Waals surface area contributed by atoms with Gasteiger partial charge in [-0.1, -0.05) is 35.5 Å². The van der Waals surface area contributed by atoms with E-state index in [1.54, 1.807) is 11.3 Å². The van der Waals surface area contributed by atoms with Crippen LogP contribution in [0.5, 0.6) is 5.75 Å². The summed E-state index contributed by atoms with van der Waals surface area (Å²) in [5.41, 5.74) is 4.13. The van der Waals surface area contributed by atoms with Crippen LogP contribution in [0.1, 0.15) is 16.3 Å². The normalized spacial score (nSPS) is 15.7. The Kier molecular flexibility index (Phi) is 5.25. The quantitative estimate of drug-likeness (QED) is 0.461. The van der Waals surface area contributed by atoms with Crippen molar-refractivity contribution in [2.45, 2.75) is 20.4 Å². The predicted octanol–water partition coefficient (Wildman–Crippen LogP) is 4.84. The fraction of sp³-hybridized carbons (Fsp3) is 0.261. The Bertz CT molecular complexity index is 1150. The Hall–Kier alpha value is -2.74. The zero-order valence-electron chi connectivity index (χ0n) is 17.0. The molecule has 1 aliphatic rings. The summed E-state index contributed by atoms with van der Waals surface area (Å²) in [6.07, 6.45) is 0. The standard InChI is InChI=1S/C23H23N4O2S/c1-16-20(23(28-25-16)18-6-4-3-5-7-18)15-26-10-12-27(13-11-26)29-19-8-9-22-21(14-19)24-17(2)30-22/h3-10,14H,11-13,15H2,1-2H3. The Morgan fingerprint density at radius 1 is 1.10 bits per heavy atom. The summed E-state index contributed by atoms with van der Waals surface area (Å²) in [4.78, 5) is 12.9. The summed E-state index contributed by atoms with van der Waals surface area (Å²) >= 11 is 1.70. The molecule has 30 heavy (non-hydrogen) atoms. The topological polar surface area (TPSA) is 54.6 Å². The number of rotatable bonds is 5. The highest BCUT2D eigenvalue weighted by molar-refractivity contribution is 7.18. The molecule has 4 aromatic rings.